The molecule has 3 nitrogen and oxygen atoms in total. The van der Waals surface area contributed by atoms with Crippen LogP contribution in [0, 0.1) is 12.8 Å². The van der Waals surface area contributed by atoms with Crippen LogP contribution < -0.4 is 5.32 Å². The SMILES string of the molecule is CCNC(CSc1cc(C)nn1C)C1CCCC1. The Morgan fingerprint density at radius 2 is 2.22 bits per heavy atom. The molecule has 0 amide bonds. The van der Waals surface area contributed by atoms with Crippen molar-refractivity contribution >= 4 is 11.8 Å². The molecule has 18 heavy (non-hydrogen) atoms. The highest BCUT2D eigenvalue weighted by Crippen LogP contribution is 2.30. The molecule has 0 aromatic carbocycles. The zero-order valence-corrected chi connectivity index (χ0v) is 12.6. The molecule has 1 fully saturated rings. The number of hydrogen-bond donors (Lipinski definition) is 1. The van der Waals surface area contributed by atoms with Crippen LogP contribution in [-0.4, -0.2) is 28.1 Å². The second-order valence-electron chi connectivity index (χ2n) is 5.27. The van der Waals surface area contributed by atoms with Crippen LogP contribution in [0.4, 0.5) is 0 Å². The lowest BCUT2D eigenvalue weighted by atomic mass is 10.00. The molecule has 1 aromatic rings. The van der Waals surface area contributed by atoms with Gasteiger partial charge in [0.2, 0.25) is 0 Å². The Morgan fingerprint density at radius 1 is 1.50 bits per heavy atom. The molecule has 1 heterocycles. The highest BCUT2D eigenvalue weighted by molar-refractivity contribution is 7.99. The number of hydrogen-bond acceptors (Lipinski definition) is 3. The van der Waals surface area contributed by atoms with Crippen LogP contribution in [-0.2, 0) is 7.05 Å². The maximum absolute atomic E-state index is 4.41. The largest absolute Gasteiger partial charge is 0.313 e. The van der Waals surface area contributed by atoms with Crippen molar-refractivity contribution in [1.82, 2.24) is 15.1 Å². The topological polar surface area (TPSA) is 29.9 Å². The molecule has 0 spiro atoms. The number of thioether (sulfide) groups is 1. The van der Waals surface area contributed by atoms with Crippen LogP contribution in [0.2, 0.25) is 0 Å². The van der Waals surface area contributed by atoms with Crippen molar-refractivity contribution in [2.45, 2.75) is 50.6 Å². The second kappa shape index (κ2) is 6.62. The first kappa shape index (κ1) is 13.9. The molecule has 0 bridgehead atoms. The van der Waals surface area contributed by atoms with Crippen molar-refractivity contribution in [1.29, 1.82) is 0 Å². The number of aromatic nitrogens is 2. The molecule has 4 heteroatoms. The first-order valence-electron chi connectivity index (χ1n) is 7.07. The summed E-state index contributed by atoms with van der Waals surface area (Å²) in [6, 6.07) is 2.85. The molecule has 1 aliphatic rings. The van der Waals surface area contributed by atoms with E-state index in [4.69, 9.17) is 0 Å². The average molecular weight is 267 g/mol. The molecule has 0 aliphatic heterocycles. The summed E-state index contributed by atoms with van der Waals surface area (Å²) in [5, 5.41) is 9.36. The third kappa shape index (κ3) is 3.51. The molecule has 1 saturated carbocycles. The molecule has 1 atom stereocenters. The normalized spacial score (nSPS) is 18.4. The highest BCUT2D eigenvalue weighted by atomic mass is 32.2. The molecule has 1 N–H and O–H groups in total. The van der Waals surface area contributed by atoms with E-state index in [0.717, 1.165) is 23.9 Å². The quantitative estimate of drug-likeness (QED) is 0.804. The maximum atomic E-state index is 4.41. The Kier molecular flexibility index (Phi) is 5.13. The van der Waals surface area contributed by atoms with E-state index in [1.54, 1.807) is 0 Å². The van der Waals surface area contributed by atoms with E-state index in [2.05, 4.69) is 30.3 Å². The van der Waals surface area contributed by atoms with Gasteiger partial charge in [0, 0.05) is 18.8 Å². The summed E-state index contributed by atoms with van der Waals surface area (Å²) in [5.74, 6) is 2.05. The van der Waals surface area contributed by atoms with E-state index in [-0.39, 0.29) is 0 Å². The van der Waals surface area contributed by atoms with E-state index in [1.807, 2.05) is 23.5 Å². The minimum absolute atomic E-state index is 0.665. The summed E-state index contributed by atoms with van der Waals surface area (Å²) >= 11 is 1.94. The van der Waals surface area contributed by atoms with Crippen molar-refractivity contribution in [3.05, 3.63) is 11.8 Å². The summed E-state index contributed by atoms with van der Waals surface area (Å²) in [6.07, 6.45) is 5.65. The average Bonchev–Trinajstić information content (AvgIpc) is 2.95. The lowest BCUT2D eigenvalue weighted by Crippen LogP contribution is -2.37. The predicted molar refractivity (Wildman–Crippen MR) is 78.1 cm³/mol. The first-order chi connectivity index (χ1) is 8.70. The minimum atomic E-state index is 0.665. The van der Waals surface area contributed by atoms with Gasteiger partial charge in [-0.1, -0.05) is 19.8 Å². The van der Waals surface area contributed by atoms with Gasteiger partial charge in [0.25, 0.3) is 0 Å². The van der Waals surface area contributed by atoms with Gasteiger partial charge in [-0.25, -0.2) is 0 Å². The number of aryl methyl sites for hydroxylation is 2. The van der Waals surface area contributed by atoms with Gasteiger partial charge in [0.15, 0.2) is 0 Å². The van der Waals surface area contributed by atoms with Crippen LogP contribution in [0.15, 0.2) is 11.1 Å². The zero-order chi connectivity index (χ0) is 13.0. The highest BCUT2D eigenvalue weighted by Gasteiger charge is 2.24. The van der Waals surface area contributed by atoms with Crippen molar-refractivity contribution in [2.24, 2.45) is 13.0 Å². The Hall–Kier alpha value is -0.480. The Bertz CT molecular complexity index is 369. The lowest BCUT2D eigenvalue weighted by molar-refractivity contribution is 0.394. The van der Waals surface area contributed by atoms with Gasteiger partial charge in [-0.3, -0.25) is 4.68 Å². The summed E-state index contributed by atoms with van der Waals surface area (Å²) in [6.45, 7) is 5.34. The van der Waals surface area contributed by atoms with E-state index < -0.39 is 0 Å². The van der Waals surface area contributed by atoms with Crippen molar-refractivity contribution < 1.29 is 0 Å². The van der Waals surface area contributed by atoms with E-state index in [0.29, 0.717) is 6.04 Å². The van der Waals surface area contributed by atoms with Crippen molar-refractivity contribution in [2.75, 3.05) is 12.3 Å². The smallest absolute Gasteiger partial charge is 0.0939 e. The third-order valence-electron chi connectivity index (χ3n) is 3.80. The van der Waals surface area contributed by atoms with Crippen LogP contribution in [0.3, 0.4) is 0 Å². The number of nitrogens with one attached hydrogen (secondary N) is 1. The fraction of sp³-hybridized carbons (Fsp3) is 0.786. The molecule has 1 unspecified atom stereocenters. The maximum Gasteiger partial charge on any atom is 0.0939 e. The van der Waals surface area contributed by atoms with Gasteiger partial charge >= 0.3 is 0 Å². The first-order valence-corrected chi connectivity index (χ1v) is 8.06. The fourth-order valence-corrected chi connectivity index (χ4v) is 4.10. The predicted octanol–water partition coefficient (Wildman–Crippen LogP) is 2.99. The van der Waals surface area contributed by atoms with Gasteiger partial charge in [0.1, 0.15) is 0 Å². The van der Waals surface area contributed by atoms with E-state index in [1.165, 1.54) is 30.7 Å². The van der Waals surface area contributed by atoms with Crippen molar-refractivity contribution in [3.63, 3.8) is 0 Å². The van der Waals surface area contributed by atoms with Gasteiger partial charge in [-0.15, -0.1) is 11.8 Å². The summed E-state index contributed by atoms with van der Waals surface area (Å²) in [7, 11) is 2.03. The summed E-state index contributed by atoms with van der Waals surface area (Å²) in [4.78, 5) is 0. The molecule has 102 valence electrons. The third-order valence-corrected chi connectivity index (χ3v) is 5.01. The van der Waals surface area contributed by atoms with Gasteiger partial charge in [0.05, 0.1) is 10.7 Å². The molecule has 1 aliphatic carbocycles. The van der Waals surface area contributed by atoms with Crippen LogP contribution in [0.5, 0.6) is 0 Å². The zero-order valence-electron chi connectivity index (χ0n) is 11.8. The van der Waals surface area contributed by atoms with Crippen LogP contribution in [0.1, 0.15) is 38.3 Å². The molecule has 2 rings (SSSR count). The second-order valence-corrected chi connectivity index (χ2v) is 6.31. The van der Waals surface area contributed by atoms with Crippen molar-refractivity contribution in [3.8, 4) is 0 Å². The summed E-state index contributed by atoms with van der Waals surface area (Å²) < 4.78 is 2.00. The van der Waals surface area contributed by atoms with Gasteiger partial charge in [-0.2, -0.15) is 5.10 Å². The fourth-order valence-electron chi connectivity index (χ4n) is 2.88. The number of rotatable bonds is 6. The van der Waals surface area contributed by atoms with Crippen LogP contribution in [0.25, 0.3) is 0 Å². The Balaban J connectivity index is 1.90. The van der Waals surface area contributed by atoms with E-state index in [9.17, 15) is 0 Å². The standard InChI is InChI=1S/C14H25N3S/c1-4-15-13(12-7-5-6-8-12)10-18-14-9-11(2)16-17(14)3/h9,12-13,15H,4-8,10H2,1-3H3. The van der Waals surface area contributed by atoms with E-state index >= 15 is 0 Å². The molecular weight excluding hydrogens is 242 g/mol. The lowest BCUT2D eigenvalue weighted by Gasteiger charge is -2.23. The molecule has 1 aromatic heterocycles. The van der Waals surface area contributed by atoms with Crippen LogP contribution >= 0.6 is 11.8 Å². The molecular formula is C14H25N3S. The Morgan fingerprint density at radius 3 is 2.78 bits per heavy atom. The van der Waals surface area contributed by atoms with Gasteiger partial charge < -0.3 is 5.32 Å². The monoisotopic (exact) mass is 267 g/mol. The molecule has 0 radical (unpaired) electrons. The molecule has 0 saturated heterocycles. The van der Waals surface area contributed by atoms with Gasteiger partial charge in [-0.05, 0) is 38.3 Å². The summed E-state index contributed by atoms with van der Waals surface area (Å²) in [5.41, 5.74) is 1.11. The Labute approximate surface area is 115 Å². The number of nitrogens with zero attached hydrogens (tertiary/aromatic N) is 2. The minimum Gasteiger partial charge on any atom is -0.313 e.